The van der Waals surface area contributed by atoms with Gasteiger partial charge >= 0.3 is 6.03 Å². The first-order chi connectivity index (χ1) is 8.56. The molecule has 0 bridgehead atoms. The number of carbonyl (C=O) groups excluding carboxylic acids is 1. The molecule has 6 heteroatoms. The largest absolute Gasteiger partial charge is 0.380 e. The minimum Gasteiger partial charge on any atom is -0.380 e. The van der Waals surface area contributed by atoms with Crippen molar-refractivity contribution in [2.24, 2.45) is 5.73 Å². The number of halogens is 1. The summed E-state index contributed by atoms with van der Waals surface area (Å²) in [6.45, 7) is 3.35. The van der Waals surface area contributed by atoms with E-state index in [4.69, 9.17) is 17.3 Å². The van der Waals surface area contributed by atoms with Crippen molar-refractivity contribution in [2.75, 3.05) is 18.4 Å². The van der Waals surface area contributed by atoms with Crippen LogP contribution in [-0.2, 0) is 0 Å². The van der Waals surface area contributed by atoms with Crippen molar-refractivity contribution in [3.8, 4) is 0 Å². The molecule has 18 heavy (non-hydrogen) atoms. The molecule has 1 fully saturated rings. The summed E-state index contributed by atoms with van der Waals surface area (Å²) in [5.41, 5.74) is 7.17. The Morgan fingerprint density at radius 3 is 2.83 bits per heavy atom. The lowest BCUT2D eigenvalue weighted by Gasteiger charge is -2.31. The molecule has 0 radical (unpaired) electrons. The van der Waals surface area contributed by atoms with Gasteiger partial charge in [-0.1, -0.05) is 11.6 Å². The molecule has 2 rings (SSSR count). The lowest BCUT2D eigenvalue weighted by molar-refractivity contribution is 0.193. The predicted molar refractivity (Wildman–Crippen MR) is 71.8 cm³/mol. The van der Waals surface area contributed by atoms with Gasteiger partial charge in [0.25, 0.3) is 0 Å². The van der Waals surface area contributed by atoms with Crippen LogP contribution >= 0.6 is 11.6 Å². The van der Waals surface area contributed by atoms with Crippen molar-refractivity contribution in [3.63, 3.8) is 0 Å². The highest BCUT2D eigenvalue weighted by atomic mass is 35.5. The van der Waals surface area contributed by atoms with Crippen molar-refractivity contribution in [2.45, 2.75) is 25.8 Å². The van der Waals surface area contributed by atoms with Crippen LogP contribution in [-0.4, -0.2) is 35.0 Å². The van der Waals surface area contributed by atoms with E-state index in [1.807, 2.05) is 13.0 Å². The van der Waals surface area contributed by atoms with Crippen LogP contribution in [0.3, 0.4) is 0 Å². The first-order valence-electron chi connectivity index (χ1n) is 5.99. The van der Waals surface area contributed by atoms with Gasteiger partial charge in [-0.15, -0.1) is 0 Å². The summed E-state index contributed by atoms with van der Waals surface area (Å²) in [5.74, 6) is 0. The molecule has 3 N–H and O–H groups in total. The number of hydrogen-bond acceptors (Lipinski definition) is 3. The number of urea groups is 1. The third kappa shape index (κ3) is 3.04. The number of hydrogen-bond donors (Lipinski definition) is 2. The zero-order chi connectivity index (χ0) is 13.1. The quantitative estimate of drug-likeness (QED) is 0.806. The van der Waals surface area contributed by atoms with Crippen LogP contribution in [0, 0.1) is 6.92 Å². The number of aromatic nitrogens is 1. The molecule has 1 aromatic rings. The van der Waals surface area contributed by atoms with Gasteiger partial charge in [0.15, 0.2) is 5.15 Å². The van der Waals surface area contributed by atoms with Crippen LogP contribution in [0.25, 0.3) is 0 Å². The van der Waals surface area contributed by atoms with Gasteiger partial charge in [0.2, 0.25) is 0 Å². The zero-order valence-corrected chi connectivity index (χ0v) is 11.1. The number of primary amides is 1. The summed E-state index contributed by atoms with van der Waals surface area (Å²) in [5, 5.41) is 3.86. The Bertz CT molecular complexity index is 444. The van der Waals surface area contributed by atoms with Crippen molar-refractivity contribution in [3.05, 3.63) is 23.0 Å². The molecule has 0 atom stereocenters. The minimum atomic E-state index is -0.344. The number of anilines is 1. The lowest BCUT2D eigenvalue weighted by atomic mass is 10.1. The minimum absolute atomic E-state index is 0.307. The molecule has 1 aliphatic heterocycles. The molecular weight excluding hydrogens is 252 g/mol. The molecule has 2 amide bonds. The number of carbonyl (C=O) groups is 1. The number of pyridine rings is 1. The maximum absolute atomic E-state index is 11.0. The Kier molecular flexibility index (Phi) is 3.91. The summed E-state index contributed by atoms with van der Waals surface area (Å²) in [6.07, 6.45) is 3.48. The normalized spacial score (nSPS) is 16.7. The van der Waals surface area contributed by atoms with Crippen molar-refractivity contribution in [1.82, 2.24) is 9.88 Å². The van der Waals surface area contributed by atoms with Gasteiger partial charge in [0.1, 0.15) is 0 Å². The first kappa shape index (κ1) is 13.0. The first-order valence-corrected chi connectivity index (χ1v) is 6.37. The molecule has 1 aliphatic rings. The second-order valence-corrected chi connectivity index (χ2v) is 4.95. The van der Waals surface area contributed by atoms with Gasteiger partial charge in [0.05, 0.1) is 5.69 Å². The van der Waals surface area contributed by atoms with E-state index in [0.717, 1.165) is 24.1 Å². The number of amides is 2. The predicted octanol–water partition coefficient (Wildman–Crippen LogP) is 2.00. The summed E-state index contributed by atoms with van der Waals surface area (Å²) >= 11 is 6.04. The maximum atomic E-state index is 11.0. The number of likely N-dealkylation sites (tertiary alicyclic amines) is 1. The molecule has 5 nitrogen and oxygen atoms in total. The molecule has 2 heterocycles. The smallest absolute Gasteiger partial charge is 0.314 e. The Labute approximate surface area is 111 Å². The Hall–Kier alpha value is -1.49. The number of aryl methyl sites for hydroxylation is 1. The van der Waals surface area contributed by atoms with E-state index in [1.165, 1.54) is 0 Å². The third-order valence-corrected chi connectivity index (χ3v) is 3.44. The molecule has 0 aliphatic carbocycles. The van der Waals surface area contributed by atoms with Crippen molar-refractivity contribution < 1.29 is 4.79 Å². The standard InChI is InChI=1S/C12H17ClN4O/c1-8-6-10(11(13)15-7-8)16-9-2-4-17(5-3-9)12(14)18/h6-7,9,16H,2-5H2,1H3,(H2,14,18). The van der Waals surface area contributed by atoms with Crippen LogP contribution in [0.1, 0.15) is 18.4 Å². The number of nitrogens with zero attached hydrogens (tertiary/aromatic N) is 2. The topological polar surface area (TPSA) is 71.2 Å². The summed E-state index contributed by atoms with van der Waals surface area (Å²) < 4.78 is 0. The average molecular weight is 269 g/mol. The van der Waals surface area contributed by atoms with Gasteiger partial charge < -0.3 is 16.0 Å². The molecule has 0 unspecified atom stereocenters. The van der Waals surface area contributed by atoms with Crippen LogP contribution in [0.15, 0.2) is 12.3 Å². The van der Waals surface area contributed by atoms with E-state index in [2.05, 4.69) is 10.3 Å². The van der Waals surface area contributed by atoms with E-state index in [9.17, 15) is 4.79 Å². The third-order valence-electron chi connectivity index (χ3n) is 3.14. The highest BCUT2D eigenvalue weighted by molar-refractivity contribution is 6.31. The van der Waals surface area contributed by atoms with Crippen LogP contribution in [0.5, 0.6) is 0 Å². The molecule has 0 saturated carbocycles. The second kappa shape index (κ2) is 5.44. The Morgan fingerprint density at radius 2 is 2.22 bits per heavy atom. The van der Waals surface area contributed by atoms with Gasteiger partial charge in [-0.2, -0.15) is 0 Å². The van der Waals surface area contributed by atoms with Crippen molar-refractivity contribution in [1.29, 1.82) is 0 Å². The maximum Gasteiger partial charge on any atom is 0.314 e. The van der Waals surface area contributed by atoms with Crippen molar-refractivity contribution >= 4 is 23.3 Å². The number of piperidine rings is 1. The van der Waals surface area contributed by atoms with Gasteiger partial charge in [-0.3, -0.25) is 0 Å². The summed E-state index contributed by atoms with van der Waals surface area (Å²) in [6, 6.07) is 1.95. The van der Waals surface area contributed by atoms with Gasteiger partial charge in [-0.25, -0.2) is 9.78 Å². The number of nitrogens with one attached hydrogen (secondary N) is 1. The average Bonchev–Trinajstić information content (AvgIpc) is 2.34. The Morgan fingerprint density at radius 1 is 1.56 bits per heavy atom. The second-order valence-electron chi connectivity index (χ2n) is 4.59. The van der Waals surface area contributed by atoms with E-state index in [0.29, 0.717) is 24.3 Å². The summed E-state index contributed by atoms with van der Waals surface area (Å²) in [4.78, 5) is 16.8. The zero-order valence-electron chi connectivity index (χ0n) is 10.3. The van der Waals surface area contributed by atoms with Gasteiger partial charge in [0, 0.05) is 25.3 Å². The highest BCUT2D eigenvalue weighted by Gasteiger charge is 2.21. The highest BCUT2D eigenvalue weighted by Crippen LogP contribution is 2.23. The summed E-state index contributed by atoms with van der Waals surface area (Å²) in [7, 11) is 0. The molecule has 0 aromatic carbocycles. The van der Waals surface area contributed by atoms with E-state index in [-0.39, 0.29) is 6.03 Å². The van der Waals surface area contributed by atoms with Crippen LogP contribution in [0.2, 0.25) is 5.15 Å². The van der Waals surface area contributed by atoms with E-state index < -0.39 is 0 Å². The molecule has 1 saturated heterocycles. The molecule has 0 spiro atoms. The Balaban J connectivity index is 1.95. The van der Waals surface area contributed by atoms with Crippen LogP contribution in [0.4, 0.5) is 10.5 Å². The molecule has 98 valence electrons. The van der Waals surface area contributed by atoms with E-state index in [1.54, 1.807) is 11.1 Å². The molecular formula is C12H17ClN4O. The fourth-order valence-electron chi connectivity index (χ4n) is 2.12. The molecule has 1 aromatic heterocycles. The SMILES string of the molecule is Cc1cnc(Cl)c(NC2CCN(C(N)=O)CC2)c1. The number of nitrogens with two attached hydrogens (primary N) is 1. The fraction of sp³-hybridized carbons (Fsp3) is 0.500. The monoisotopic (exact) mass is 268 g/mol. The lowest BCUT2D eigenvalue weighted by Crippen LogP contribution is -2.44. The van der Waals surface area contributed by atoms with E-state index >= 15 is 0 Å². The fourth-order valence-corrected chi connectivity index (χ4v) is 2.28. The van der Waals surface area contributed by atoms with Crippen LogP contribution < -0.4 is 11.1 Å². The van der Waals surface area contributed by atoms with Gasteiger partial charge in [-0.05, 0) is 31.4 Å². The number of rotatable bonds is 2.